The zero-order valence-corrected chi connectivity index (χ0v) is 11.9. The molecule has 5 heteroatoms. The Morgan fingerprint density at radius 3 is 2.71 bits per heavy atom. The summed E-state index contributed by atoms with van der Waals surface area (Å²) in [4.78, 5) is 4.21. The molecule has 0 aliphatic rings. The van der Waals surface area contributed by atoms with Crippen LogP contribution in [0.3, 0.4) is 0 Å². The quantitative estimate of drug-likeness (QED) is 0.814. The van der Waals surface area contributed by atoms with Gasteiger partial charge < -0.3 is 5.11 Å². The van der Waals surface area contributed by atoms with Gasteiger partial charge >= 0.3 is 0 Å². The summed E-state index contributed by atoms with van der Waals surface area (Å²) in [6.07, 6.45) is 2.95. The lowest BCUT2D eigenvalue weighted by atomic mass is 10.2. The molecule has 0 saturated carbocycles. The fourth-order valence-corrected chi connectivity index (χ4v) is 2.42. The monoisotopic (exact) mass is 257 g/mol. The first-order chi connectivity index (χ1) is 8.04. The summed E-state index contributed by atoms with van der Waals surface area (Å²) in [5, 5.41) is 14.7. The summed E-state index contributed by atoms with van der Waals surface area (Å²) in [7, 11) is 0. The third-order valence-corrected chi connectivity index (χ3v) is 4.18. The fourth-order valence-electron chi connectivity index (χ4n) is 1.51. The minimum atomic E-state index is -0.337. The van der Waals surface area contributed by atoms with E-state index in [9.17, 15) is 5.11 Å². The van der Waals surface area contributed by atoms with E-state index in [0.29, 0.717) is 17.7 Å². The third kappa shape index (κ3) is 4.68. The summed E-state index contributed by atoms with van der Waals surface area (Å²) < 4.78 is 1.87. The van der Waals surface area contributed by atoms with Crippen molar-refractivity contribution < 1.29 is 5.11 Å². The summed E-state index contributed by atoms with van der Waals surface area (Å²) in [5.41, 5.74) is 0. The third-order valence-electron chi connectivity index (χ3n) is 2.70. The molecule has 0 fully saturated rings. The van der Waals surface area contributed by atoms with Crippen molar-refractivity contribution in [3.8, 4) is 0 Å². The number of aliphatic hydroxyl groups excluding tert-OH is 1. The molecular weight excluding hydrogens is 234 g/mol. The van der Waals surface area contributed by atoms with Gasteiger partial charge in [0.2, 0.25) is 0 Å². The maximum atomic E-state index is 9.97. The summed E-state index contributed by atoms with van der Waals surface area (Å²) >= 11 is 1.81. The second-order valence-electron chi connectivity index (χ2n) is 4.62. The largest absolute Gasteiger partial charge is 0.392 e. The SMILES string of the molecule is CCC(C)SCC(O)Cc1ncnn1C(C)C. The van der Waals surface area contributed by atoms with E-state index in [1.807, 2.05) is 16.4 Å². The molecule has 0 aromatic carbocycles. The van der Waals surface area contributed by atoms with Gasteiger partial charge in [-0.05, 0) is 20.3 Å². The normalized spacial score (nSPS) is 15.2. The standard InChI is InChI=1S/C12H23N3OS/c1-5-10(4)17-7-11(16)6-12-13-8-14-15(12)9(2)3/h8-11,16H,5-7H2,1-4H3. The van der Waals surface area contributed by atoms with E-state index in [-0.39, 0.29) is 6.10 Å². The molecule has 2 atom stereocenters. The molecule has 1 heterocycles. The van der Waals surface area contributed by atoms with Crippen LogP contribution < -0.4 is 0 Å². The second-order valence-corrected chi connectivity index (χ2v) is 6.10. The number of hydrogen-bond acceptors (Lipinski definition) is 4. The van der Waals surface area contributed by atoms with E-state index in [0.717, 1.165) is 18.0 Å². The summed E-state index contributed by atoms with van der Waals surface area (Å²) in [6, 6.07) is 0.293. The van der Waals surface area contributed by atoms with Crippen LogP contribution in [0.4, 0.5) is 0 Å². The second kappa shape index (κ2) is 7.01. The van der Waals surface area contributed by atoms with Crippen molar-refractivity contribution in [3.63, 3.8) is 0 Å². The first kappa shape index (κ1) is 14.5. The molecule has 0 aliphatic heterocycles. The average Bonchev–Trinajstić information content (AvgIpc) is 2.74. The van der Waals surface area contributed by atoms with Gasteiger partial charge in [-0.15, -0.1) is 0 Å². The van der Waals surface area contributed by atoms with Gasteiger partial charge in [0.15, 0.2) is 0 Å². The van der Waals surface area contributed by atoms with Crippen LogP contribution in [-0.2, 0) is 6.42 Å². The van der Waals surface area contributed by atoms with Crippen LogP contribution in [0.1, 0.15) is 46.0 Å². The molecule has 17 heavy (non-hydrogen) atoms. The van der Waals surface area contributed by atoms with Crippen molar-refractivity contribution in [3.05, 3.63) is 12.2 Å². The summed E-state index contributed by atoms with van der Waals surface area (Å²) in [5.74, 6) is 1.64. The highest BCUT2D eigenvalue weighted by atomic mass is 32.2. The predicted octanol–water partition coefficient (Wildman–Crippen LogP) is 2.29. The van der Waals surface area contributed by atoms with Gasteiger partial charge in [0.05, 0.1) is 6.10 Å². The van der Waals surface area contributed by atoms with Crippen molar-refractivity contribution in [2.24, 2.45) is 0 Å². The molecule has 1 aromatic heterocycles. The molecule has 0 bridgehead atoms. The smallest absolute Gasteiger partial charge is 0.138 e. The molecule has 0 amide bonds. The fraction of sp³-hybridized carbons (Fsp3) is 0.833. The van der Waals surface area contributed by atoms with Gasteiger partial charge in [-0.3, -0.25) is 0 Å². The lowest BCUT2D eigenvalue weighted by molar-refractivity contribution is 0.194. The Bertz CT molecular complexity index is 327. The zero-order valence-electron chi connectivity index (χ0n) is 11.1. The molecule has 4 nitrogen and oxygen atoms in total. The minimum absolute atomic E-state index is 0.293. The summed E-state index contributed by atoms with van der Waals surface area (Å²) in [6.45, 7) is 8.49. The minimum Gasteiger partial charge on any atom is -0.392 e. The Labute approximate surface area is 108 Å². The van der Waals surface area contributed by atoms with Crippen molar-refractivity contribution in [2.45, 2.75) is 57.9 Å². The zero-order chi connectivity index (χ0) is 12.8. The first-order valence-corrected chi connectivity index (χ1v) is 7.27. The number of aliphatic hydroxyl groups is 1. The molecule has 0 radical (unpaired) electrons. The average molecular weight is 257 g/mol. The van der Waals surface area contributed by atoms with Crippen molar-refractivity contribution in [1.29, 1.82) is 0 Å². The molecule has 0 spiro atoms. The lowest BCUT2D eigenvalue weighted by Crippen LogP contribution is -2.19. The predicted molar refractivity (Wildman–Crippen MR) is 72.3 cm³/mol. The molecular formula is C12H23N3OS. The van der Waals surface area contributed by atoms with Crippen molar-refractivity contribution >= 4 is 11.8 Å². The van der Waals surface area contributed by atoms with Gasteiger partial charge in [0, 0.05) is 23.5 Å². The van der Waals surface area contributed by atoms with Crippen LogP contribution in [0, 0.1) is 0 Å². The highest BCUT2D eigenvalue weighted by Crippen LogP contribution is 2.16. The van der Waals surface area contributed by atoms with E-state index in [2.05, 4.69) is 37.8 Å². The van der Waals surface area contributed by atoms with Crippen LogP contribution in [-0.4, -0.2) is 37.0 Å². The molecule has 98 valence electrons. The van der Waals surface area contributed by atoms with Gasteiger partial charge in [-0.25, -0.2) is 9.67 Å². The highest BCUT2D eigenvalue weighted by Gasteiger charge is 2.14. The molecule has 1 aromatic rings. The molecule has 0 aliphatic carbocycles. The molecule has 0 saturated heterocycles. The van der Waals surface area contributed by atoms with Crippen LogP contribution in [0.5, 0.6) is 0 Å². The van der Waals surface area contributed by atoms with Gasteiger partial charge in [-0.1, -0.05) is 13.8 Å². The maximum Gasteiger partial charge on any atom is 0.138 e. The Kier molecular flexibility index (Phi) is 5.98. The van der Waals surface area contributed by atoms with E-state index in [4.69, 9.17) is 0 Å². The molecule has 1 N–H and O–H groups in total. The maximum absolute atomic E-state index is 9.97. The van der Waals surface area contributed by atoms with E-state index in [1.165, 1.54) is 0 Å². The first-order valence-electron chi connectivity index (χ1n) is 6.22. The Morgan fingerprint density at radius 1 is 1.41 bits per heavy atom. The Morgan fingerprint density at radius 2 is 2.12 bits per heavy atom. The number of hydrogen-bond donors (Lipinski definition) is 1. The van der Waals surface area contributed by atoms with E-state index < -0.39 is 0 Å². The number of rotatable bonds is 7. The van der Waals surface area contributed by atoms with Crippen LogP contribution >= 0.6 is 11.8 Å². The Balaban J connectivity index is 2.44. The topological polar surface area (TPSA) is 50.9 Å². The van der Waals surface area contributed by atoms with Crippen molar-refractivity contribution in [1.82, 2.24) is 14.8 Å². The number of nitrogens with zero attached hydrogens (tertiary/aromatic N) is 3. The van der Waals surface area contributed by atoms with Crippen LogP contribution in [0.15, 0.2) is 6.33 Å². The van der Waals surface area contributed by atoms with E-state index in [1.54, 1.807) is 6.33 Å². The molecule has 2 unspecified atom stereocenters. The molecule has 1 rings (SSSR count). The Hall–Kier alpha value is -0.550. The van der Waals surface area contributed by atoms with Crippen molar-refractivity contribution in [2.75, 3.05) is 5.75 Å². The van der Waals surface area contributed by atoms with Gasteiger partial charge in [0.1, 0.15) is 12.2 Å². The number of aromatic nitrogens is 3. The van der Waals surface area contributed by atoms with Gasteiger partial charge in [0.25, 0.3) is 0 Å². The van der Waals surface area contributed by atoms with Crippen LogP contribution in [0.2, 0.25) is 0 Å². The van der Waals surface area contributed by atoms with Gasteiger partial charge in [-0.2, -0.15) is 16.9 Å². The van der Waals surface area contributed by atoms with E-state index >= 15 is 0 Å². The highest BCUT2D eigenvalue weighted by molar-refractivity contribution is 7.99. The van der Waals surface area contributed by atoms with Crippen LogP contribution in [0.25, 0.3) is 0 Å². The lowest BCUT2D eigenvalue weighted by Gasteiger charge is -2.14. The number of thioether (sulfide) groups is 1.